The number of carbonyl (C=O) groups excluding carboxylic acids is 3. The van der Waals surface area contributed by atoms with E-state index in [0.717, 1.165) is 23.2 Å². The minimum atomic E-state index is -0.492. The molecule has 1 heterocycles. The van der Waals surface area contributed by atoms with E-state index in [0.29, 0.717) is 17.8 Å². The maximum atomic E-state index is 12.5. The largest absolute Gasteiger partial charge is 0.326 e. The zero-order valence-electron chi connectivity index (χ0n) is 15.5. The minimum Gasteiger partial charge on any atom is -0.326 e. The first kappa shape index (κ1) is 18.6. The van der Waals surface area contributed by atoms with Gasteiger partial charge >= 0.3 is 0 Å². The third-order valence-corrected chi connectivity index (χ3v) is 4.66. The summed E-state index contributed by atoms with van der Waals surface area (Å²) in [4.78, 5) is 36.6. The molecule has 0 saturated heterocycles. The molecule has 1 aliphatic rings. The van der Waals surface area contributed by atoms with E-state index in [1.54, 1.807) is 18.2 Å². The maximum Gasteiger partial charge on any atom is 0.232 e. The van der Waals surface area contributed by atoms with Crippen molar-refractivity contribution in [2.24, 2.45) is 0 Å². The molecule has 1 aliphatic heterocycles. The monoisotopic (exact) mass is 365 g/mol. The molecule has 2 aromatic carbocycles. The van der Waals surface area contributed by atoms with Crippen LogP contribution >= 0.6 is 0 Å². The highest BCUT2D eigenvalue weighted by atomic mass is 16.2. The van der Waals surface area contributed by atoms with Crippen LogP contribution in [0.2, 0.25) is 0 Å². The van der Waals surface area contributed by atoms with Gasteiger partial charge in [-0.25, -0.2) is 0 Å². The Hall–Kier alpha value is -3.15. The molecule has 0 aliphatic carbocycles. The Kier molecular flexibility index (Phi) is 5.54. The van der Waals surface area contributed by atoms with Gasteiger partial charge < -0.3 is 16.0 Å². The molecular weight excluding hydrogens is 342 g/mol. The highest BCUT2D eigenvalue weighted by Gasteiger charge is 2.32. The van der Waals surface area contributed by atoms with Gasteiger partial charge in [0.15, 0.2) is 0 Å². The molecule has 6 nitrogen and oxygen atoms in total. The van der Waals surface area contributed by atoms with Crippen molar-refractivity contribution in [3.8, 4) is 0 Å². The number of amides is 3. The molecule has 3 amide bonds. The Labute approximate surface area is 158 Å². The summed E-state index contributed by atoms with van der Waals surface area (Å²) in [6.45, 7) is 3.79. The third-order valence-electron chi connectivity index (χ3n) is 4.66. The van der Waals surface area contributed by atoms with Gasteiger partial charge in [-0.3, -0.25) is 14.4 Å². The van der Waals surface area contributed by atoms with Crippen LogP contribution in [0.1, 0.15) is 43.2 Å². The molecule has 3 N–H and O–H groups in total. The van der Waals surface area contributed by atoms with Crippen molar-refractivity contribution < 1.29 is 14.4 Å². The summed E-state index contributed by atoms with van der Waals surface area (Å²) in [5.74, 6) is -0.951. The van der Waals surface area contributed by atoms with E-state index >= 15 is 0 Å². The normalized spacial score (nSPS) is 15.0. The lowest BCUT2D eigenvalue weighted by atomic mass is 9.97. The SMILES string of the molecule is CCCC(=O)Nc1cccc(NC(=O)CC2C(=O)Nc3ccccc32)c1C. The van der Waals surface area contributed by atoms with Crippen molar-refractivity contribution in [1.82, 2.24) is 0 Å². The average molecular weight is 365 g/mol. The number of benzene rings is 2. The second-order valence-electron chi connectivity index (χ2n) is 6.66. The maximum absolute atomic E-state index is 12.5. The zero-order chi connectivity index (χ0) is 19.4. The van der Waals surface area contributed by atoms with E-state index in [4.69, 9.17) is 0 Å². The number of nitrogens with one attached hydrogen (secondary N) is 3. The summed E-state index contributed by atoms with van der Waals surface area (Å²) in [6.07, 6.45) is 1.28. The fourth-order valence-corrected chi connectivity index (χ4v) is 3.21. The predicted octanol–water partition coefficient (Wildman–Crippen LogP) is 3.80. The highest BCUT2D eigenvalue weighted by molar-refractivity contribution is 6.06. The lowest BCUT2D eigenvalue weighted by Crippen LogP contribution is -2.21. The van der Waals surface area contributed by atoms with Gasteiger partial charge in [0, 0.05) is 29.9 Å². The first-order valence-corrected chi connectivity index (χ1v) is 9.08. The van der Waals surface area contributed by atoms with Crippen LogP contribution < -0.4 is 16.0 Å². The van der Waals surface area contributed by atoms with Gasteiger partial charge in [0.2, 0.25) is 17.7 Å². The number of hydrogen-bond donors (Lipinski definition) is 3. The van der Waals surface area contributed by atoms with E-state index in [1.807, 2.05) is 38.1 Å². The molecule has 140 valence electrons. The van der Waals surface area contributed by atoms with Gasteiger partial charge in [0.1, 0.15) is 0 Å². The average Bonchev–Trinajstić information content (AvgIpc) is 2.94. The smallest absolute Gasteiger partial charge is 0.232 e. The van der Waals surface area contributed by atoms with Crippen LogP contribution in [0.3, 0.4) is 0 Å². The van der Waals surface area contributed by atoms with Crippen LogP contribution in [0.4, 0.5) is 17.1 Å². The summed E-state index contributed by atoms with van der Waals surface area (Å²) in [5, 5.41) is 8.53. The summed E-state index contributed by atoms with van der Waals surface area (Å²) in [7, 11) is 0. The second-order valence-corrected chi connectivity index (χ2v) is 6.66. The zero-order valence-corrected chi connectivity index (χ0v) is 15.5. The van der Waals surface area contributed by atoms with Crippen LogP contribution in [0.15, 0.2) is 42.5 Å². The van der Waals surface area contributed by atoms with Crippen molar-refractivity contribution in [1.29, 1.82) is 0 Å². The molecule has 0 aromatic heterocycles. The Balaban J connectivity index is 1.70. The number of hydrogen-bond acceptors (Lipinski definition) is 3. The van der Waals surface area contributed by atoms with Crippen LogP contribution in [0.5, 0.6) is 0 Å². The van der Waals surface area contributed by atoms with Gasteiger partial charge in [-0.15, -0.1) is 0 Å². The molecule has 0 spiro atoms. The molecule has 0 saturated carbocycles. The van der Waals surface area contributed by atoms with Crippen LogP contribution in [-0.4, -0.2) is 17.7 Å². The Morgan fingerprint density at radius 1 is 1.00 bits per heavy atom. The molecule has 6 heteroatoms. The topological polar surface area (TPSA) is 87.3 Å². The van der Waals surface area contributed by atoms with Gasteiger partial charge in [-0.1, -0.05) is 31.2 Å². The van der Waals surface area contributed by atoms with E-state index in [1.165, 1.54) is 0 Å². The molecule has 0 bridgehead atoms. The molecule has 3 rings (SSSR count). The summed E-state index contributed by atoms with van der Waals surface area (Å²) >= 11 is 0. The van der Waals surface area contributed by atoms with E-state index in [9.17, 15) is 14.4 Å². The third kappa shape index (κ3) is 4.16. The quantitative estimate of drug-likeness (QED) is 0.728. The van der Waals surface area contributed by atoms with Gasteiger partial charge in [0.25, 0.3) is 0 Å². The van der Waals surface area contributed by atoms with E-state index < -0.39 is 5.92 Å². The molecule has 0 fully saturated rings. The second kappa shape index (κ2) is 8.03. The molecule has 2 aromatic rings. The highest BCUT2D eigenvalue weighted by Crippen LogP contribution is 2.34. The van der Waals surface area contributed by atoms with Gasteiger partial charge in [-0.05, 0) is 42.7 Å². The minimum absolute atomic E-state index is 0.0525. The first-order chi connectivity index (χ1) is 13.0. The number of anilines is 3. The fraction of sp³-hybridized carbons (Fsp3) is 0.286. The van der Waals surface area contributed by atoms with Crippen molar-refractivity contribution in [3.05, 3.63) is 53.6 Å². The van der Waals surface area contributed by atoms with Crippen molar-refractivity contribution >= 4 is 34.8 Å². The fourth-order valence-electron chi connectivity index (χ4n) is 3.21. The summed E-state index contributed by atoms with van der Waals surface area (Å²) in [5.41, 5.74) is 3.69. The lowest BCUT2D eigenvalue weighted by molar-refractivity contribution is -0.122. The van der Waals surface area contributed by atoms with Gasteiger partial charge in [0.05, 0.1) is 5.92 Å². The lowest BCUT2D eigenvalue weighted by Gasteiger charge is -2.14. The molecule has 27 heavy (non-hydrogen) atoms. The standard InChI is InChI=1S/C21H23N3O3/c1-3-7-19(25)22-16-10-6-11-17(13(16)2)23-20(26)12-15-14-8-4-5-9-18(14)24-21(15)27/h4-6,8-11,15H,3,7,12H2,1-2H3,(H,22,25)(H,23,26)(H,24,27). The summed E-state index contributed by atoms with van der Waals surface area (Å²) < 4.78 is 0. The number of fused-ring (bicyclic) bond motifs is 1. The van der Waals surface area contributed by atoms with Crippen molar-refractivity contribution in [2.45, 2.75) is 39.0 Å². The first-order valence-electron chi connectivity index (χ1n) is 9.08. The molecular formula is C21H23N3O3. The number of rotatable bonds is 6. The van der Waals surface area contributed by atoms with Crippen LogP contribution in [0, 0.1) is 6.92 Å². The molecule has 1 unspecified atom stereocenters. The van der Waals surface area contributed by atoms with Crippen molar-refractivity contribution in [2.75, 3.05) is 16.0 Å². The predicted molar refractivity (Wildman–Crippen MR) is 106 cm³/mol. The number of para-hydroxylation sites is 1. The molecule has 1 atom stereocenters. The van der Waals surface area contributed by atoms with Gasteiger partial charge in [-0.2, -0.15) is 0 Å². The van der Waals surface area contributed by atoms with E-state index in [-0.39, 0.29) is 24.1 Å². The van der Waals surface area contributed by atoms with Crippen LogP contribution in [0.25, 0.3) is 0 Å². The Morgan fingerprint density at radius 2 is 1.67 bits per heavy atom. The Morgan fingerprint density at radius 3 is 2.37 bits per heavy atom. The molecule has 0 radical (unpaired) electrons. The van der Waals surface area contributed by atoms with Crippen LogP contribution in [-0.2, 0) is 14.4 Å². The van der Waals surface area contributed by atoms with Crippen molar-refractivity contribution in [3.63, 3.8) is 0 Å². The Bertz CT molecular complexity index is 892. The van der Waals surface area contributed by atoms with E-state index in [2.05, 4.69) is 16.0 Å². The number of carbonyl (C=O) groups is 3. The summed E-state index contributed by atoms with van der Waals surface area (Å²) in [6, 6.07) is 12.8.